The Kier molecular flexibility index (Phi) is 4.98. The minimum absolute atomic E-state index is 0.168. The zero-order chi connectivity index (χ0) is 15.5. The SMILES string of the molecule is CNCc1ccc(F)c(S(=O)(=O)NCC2(OC)CCC2)c1. The monoisotopic (exact) mass is 316 g/mol. The van der Waals surface area contributed by atoms with Gasteiger partial charge in [-0.05, 0) is 44.0 Å². The van der Waals surface area contributed by atoms with Crippen LogP contribution in [-0.2, 0) is 21.3 Å². The van der Waals surface area contributed by atoms with Gasteiger partial charge in [-0.25, -0.2) is 17.5 Å². The maximum atomic E-state index is 13.8. The summed E-state index contributed by atoms with van der Waals surface area (Å²) >= 11 is 0. The van der Waals surface area contributed by atoms with E-state index in [1.165, 1.54) is 12.1 Å². The summed E-state index contributed by atoms with van der Waals surface area (Å²) in [6, 6.07) is 4.10. The fraction of sp³-hybridized carbons (Fsp3) is 0.571. The van der Waals surface area contributed by atoms with E-state index in [1.807, 2.05) is 0 Å². The zero-order valence-corrected chi connectivity index (χ0v) is 13.1. The van der Waals surface area contributed by atoms with Crippen molar-refractivity contribution >= 4 is 10.0 Å². The summed E-state index contributed by atoms with van der Waals surface area (Å²) in [7, 11) is -0.568. The Morgan fingerprint density at radius 1 is 1.38 bits per heavy atom. The Hall–Kier alpha value is -1.02. The lowest BCUT2D eigenvalue weighted by molar-refractivity contribution is -0.0659. The minimum Gasteiger partial charge on any atom is -0.377 e. The lowest BCUT2D eigenvalue weighted by Crippen LogP contribution is -2.49. The summed E-state index contributed by atoms with van der Waals surface area (Å²) < 4.78 is 46.2. The summed E-state index contributed by atoms with van der Waals surface area (Å²) in [5.74, 6) is -0.748. The summed E-state index contributed by atoms with van der Waals surface area (Å²) in [5, 5.41) is 2.91. The van der Waals surface area contributed by atoms with Crippen molar-refractivity contribution in [3.05, 3.63) is 29.6 Å². The van der Waals surface area contributed by atoms with Gasteiger partial charge in [0, 0.05) is 20.2 Å². The highest BCUT2D eigenvalue weighted by Gasteiger charge is 2.38. The van der Waals surface area contributed by atoms with E-state index < -0.39 is 21.4 Å². The number of rotatable bonds is 7. The third kappa shape index (κ3) is 3.60. The van der Waals surface area contributed by atoms with Gasteiger partial charge in [-0.2, -0.15) is 0 Å². The number of hydrogen-bond donors (Lipinski definition) is 2. The summed E-state index contributed by atoms with van der Waals surface area (Å²) in [6.45, 7) is 0.645. The summed E-state index contributed by atoms with van der Waals surface area (Å²) in [6.07, 6.45) is 2.64. The second-order valence-corrected chi connectivity index (χ2v) is 7.10. The molecule has 0 spiro atoms. The van der Waals surface area contributed by atoms with Gasteiger partial charge in [-0.15, -0.1) is 0 Å². The number of hydrogen-bond acceptors (Lipinski definition) is 4. The highest BCUT2D eigenvalue weighted by Crippen LogP contribution is 2.34. The van der Waals surface area contributed by atoms with Crippen LogP contribution < -0.4 is 10.0 Å². The maximum absolute atomic E-state index is 13.8. The van der Waals surface area contributed by atoms with Crippen LogP contribution >= 0.6 is 0 Å². The Morgan fingerprint density at radius 2 is 2.10 bits per heavy atom. The maximum Gasteiger partial charge on any atom is 0.243 e. The van der Waals surface area contributed by atoms with Gasteiger partial charge in [-0.1, -0.05) is 6.07 Å². The third-order valence-corrected chi connectivity index (χ3v) is 5.36. The normalized spacial score (nSPS) is 17.5. The number of benzene rings is 1. The molecule has 1 fully saturated rings. The molecule has 0 bridgehead atoms. The standard InChI is InChI=1S/C14H21FN2O3S/c1-16-9-11-4-5-12(15)13(8-11)21(18,19)17-10-14(20-2)6-3-7-14/h4-5,8,16-17H,3,6-7,9-10H2,1-2H3. The largest absolute Gasteiger partial charge is 0.377 e. The van der Waals surface area contributed by atoms with E-state index in [9.17, 15) is 12.8 Å². The van der Waals surface area contributed by atoms with E-state index in [-0.39, 0.29) is 11.4 Å². The second kappa shape index (κ2) is 6.39. The van der Waals surface area contributed by atoms with Crippen molar-refractivity contribution in [2.45, 2.75) is 36.3 Å². The van der Waals surface area contributed by atoms with Gasteiger partial charge in [-0.3, -0.25) is 0 Å². The van der Waals surface area contributed by atoms with E-state index in [4.69, 9.17) is 4.74 Å². The molecule has 0 heterocycles. The van der Waals surface area contributed by atoms with E-state index in [0.717, 1.165) is 19.3 Å². The number of ether oxygens (including phenoxy) is 1. The molecule has 0 amide bonds. The van der Waals surface area contributed by atoms with Gasteiger partial charge in [0.2, 0.25) is 10.0 Å². The lowest BCUT2D eigenvalue weighted by Gasteiger charge is -2.40. The topological polar surface area (TPSA) is 67.4 Å². The van der Waals surface area contributed by atoms with Gasteiger partial charge < -0.3 is 10.1 Å². The van der Waals surface area contributed by atoms with Gasteiger partial charge in [0.1, 0.15) is 10.7 Å². The van der Waals surface area contributed by atoms with Crippen molar-refractivity contribution in [2.24, 2.45) is 0 Å². The molecular weight excluding hydrogens is 295 g/mol. The van der Waals surface area contributed by atoms with Crippen LogP contribution in [0.15, 0.2) is 23.1 Å². The van der Waals surface area contributed by atoms with Crippen molar-refractivity contribution in [2.75, 3.05) is 20.7 Å². The van der Waals surface area contributed by atoms with Gasteiger partial charge >= 0.3 is 0 Å². The highest BCUT2D eigenvalue weighted by atomic mass is 32.2. The number of methoxy groups -OCH3 is 1. The van der Waals surface area contributed by atoms with Crippen LogP contribution in [0.4, 0.5) is 4.39 Å². The molecule has 1 aliphatic rings. The molecule has 0 aliphatic heterocycles. The van der Waals surface area contributed by atoms with Crippen LogP contribution in [0.25, 0.3) is 0 Å². The third-order valence-electron chi connectivity index (χ3n) is 3.95. The smallest absolute Gasteiger partial charge is 0.243 e. The predicted molar refractivity (Wildman–Crippen MR) is 77.9 cm³/mol. The van der Waals surface area contributed by atoms with E-state index in [2.05, 4.69) is 10.0 Å². The van der Waals surface area contributed by atoms with Crippen LogP contribution in [0, 0.1) is 5.82 Å². The molecule has 5 nitrogen and oxygen atoms in total. The molecule has 1 saturated carbocycles. The van der Waals surface area contributed by atoms with Gasteiger partial charge in [0.25, 0.3) is 0 Å². The molecular formula is C14H21FN2O3S. The first-order valence-corrected chi connectivity index (χ1v) is 8.39. The molecule has 1 aliphatic carbocycles. The zero-order valence-electron chi connectivity index (χ0n) is 12.3. The molecule has 21 heavy (non-hydrogen) atoms. The van der Waals surface area contributed by atoms with E-state index in [1.54, 1.807) is 20.2 Å². The predicted octanol–water partition coefficient (Wildman–Crippen LogP) is 1.39. The quantitative estimate of drug-likeness (QED) is 0.798. The minimum atomic E-state index is -3.88. The number of sulfonamides is 1. The molecule has 0 unspecified atom stereocenters. The molecule has 1 aromatic carbocycles. The molecule has 0 atom stereocenters. The summed E-state index contributed by atoms with van der Waals surface area (Å²) in [5.41, 5.74) is 0.274. The molecule has 7 heteroatoms. The summed E-state index contributed by atoms with van der Waals surface area (Å²) in [4.78, 5) is -0.319. The average molecular weight is 316 g/mol. The van der Waals surface area contributed by atoms with Crippen molar-refractivity contribution in [3.63, 3.8) is 0 Å². The van der Waals surface area contributed by atoms with Gasteiger partial charge in [0.05, 0.1) is 5.60 Å². The van der Waals surface area contributed by atoms with Gasteiger partial charge in [0.15, 0.2) is 0 Å². The highest BCUT2D eigenvalue weighted by molar-refractivity contribution is 7.89. The van der Waals surface area contributed by atoms with Crippen molar-refractivity contribution in [3.8, 4) is 0 Å². The number of halogens is 1. The lowest BCUT2D eigenvalue weighted by atomic mass is 9.80. The van der Waals surface area contributed by atoms with Crippen molar-refractivity contribution in [1.82, 2.24) is 10.0 Å². The Morgan fingerprint density at radius 3 is 2.62 bits per heavy atom. The first kappa shape index (κ1) is 16.4. The van der Waals surface area contributed by atoms with Crippen LogP contribution in [-0.4, -0.2) is 34.7 Å². The molecule has 0 saturated heterocycles. The molecule has 2 N–H and O–H groups in total. The second-order valence-electron chi connectivity index (χ2n) is 5.36. The fourth-order valence-corrected chi connectivity index (χ4v) is 3.64. The Balaban J connectivity index is 2.17. The van der Waals surface area contributed by atoms with Crippen molar-refractivity contribution < 1.29 is 17.5 Å². The van der Waals surface area contributed by atoms with Crippen molar-refractivity contribution in [1.29, 1.82) is 0 Å². The molecule has 1 aromatic rings. The molecule has 0 radical (unpaired) electrons. The fourth-order valence-electron chi connectivity index (χ4n) is 2.40. The molecule has 0 aromatic heterocycles. The van der Waals surface area contributed by atoms with Crippen LogP contribution in [0.5, 0.6) is 0 Å². The van der Waals surface area contributed by atoms with Crippen LogP contribution in [0.1, 0.15) is 24.8 Å². The molecule has 2 rings (SSSR count). The van der Waals surface area contributed by atoms with E-state index in [0.29, 0.717) is 12.1 Å². The number of nitrogens with one attached hydrogen (secondary N) is 2. The molecule has 118 valence electrons. The Labute approximate surface area is 124 Å². The first-order valence-electron chi connectivity index (χ1n) is 6.90. The van der Waals surface area contributed by atoms with Crippen LogP contribution in [0.2, 0.25) is 0 Å². The Bertz CT molecular complexity index is 595. The average Bonchev–Trinajstić information content (AvgIpc) is 2.40. The van der Waals surface area contributed by atoms with Crippen LogP contribution in [0.3, 0.4) is 0 Å². The van der Waals surface area contributed by atoms with E-state index >= 15 is 0 Å². The first-order chi connectivity index (χ1) is 9.92.